The van der Waals surface area contributed by atoms with Crippen LogP contribution in [-0.4, -0.2) is 19.1 Å². The first-order valence-corrected chi connectivity index (χ1v) is 7.05. The predicted octanol–water partition coefficient (Wildman–Crippen LogP) is 2.84. The Morgan fingerprint density at radius 1 is 1.24 bits per heavy atom. The van der Waals surface area contributed by atoms with Crippen molar-refractivity contribution < 1.29 is 14.3 Å². The Morgan fingerprint density at radius 3 is 2.62 bits per heavy atom. The highest BCUT2D eigenvalue weighted by atomic mass is 16.5. The molecule has 0 aromatic heterocycles. The first-order chi connectivity index (χ1) is 10.2. The number of alkyl carbamates (subject to hydrolysis) is 1. The summed E-state index contributed by atoms with van der Waals surface area (Å²) in [6.07, 6.45) is 6.41. The number of carbonyl (C=O) groups is 2. The van der Waals surface area contributed by atoms with Gasteiger partial charge in [0.05, 0.1) is 7.11 Å². The molecule has 0 saturated heterocycles. The number of anilines is 1. The fourth-order valence-electron chi connectivity index (χ4n) is 2.23. The molecule has 5 heteroatoms. The van der Waals surface area contributed by atoms with Crippen LogP contribution in [0.25, 0.3) is 0 Å². The van der Waals surface area contributed by atoms with Gasteiger partial charge in [-0.2, -0.15) is 0 Å². The van der Waals surface area contributed by atoms with Gasteiger partial charge in [0, 0.05) is 18.2 Å². The fraction of sp³-hybridized carbons (Fsp3) is 0.375. The van der Waals surface area contributed by atoms with E-state index in [1.165, 1.54) is 7.11 Å². The SMILES string of the molecule is COC(=O)NCc1ccc(NC(=O)[C@H]2CC=CCC2)cc1. The maximum Gasteiger partial charge on any atom is 0.407 e. The second kappa shape index (κ2) is 7.47. The molecule has 2 N–H and O–H groups in total. The lowest BCUT2D eigenvalue weighted by molar-refractivity contribution is -0.120. The van der Waals surface area contributed by atoms with Crippen molar-refractivity contribution in [3.05, 3.63) is 42.0 Å². The van der Waals surface area contributed by atoms with Gasteiger partial charge >= 0.3 is 6.09 Å². The molecular formula is C16H20N2O3. The number of carbonyl (C=O) groups excluding carboxylic acids is 2. The third-order valence-corrected chi connectivity index (χ3v) is 3.48. The van der Waals surface area contributed by atoms with Crippen molar-refractivity contribution in [2.24, 2.45) is 5.92 Å². The zero-order valence-electron chi connectivity index (χ0n) is 12.1. The van der Waals surface area contributed by atoms with Crippen LogP contribution in [0.1, 0.15) is 24.8 Å². The first-order valence-electron chi connectivity index (χ1n) is 7.05. The van der Waals surface area contributed by atoms with Gasteiger partial charge in [-0.3, -0.25) is 4.79 Å². The van der Waals surface area contributed by atoms with Crippen LogP contribution in [0.15, 0.2) is 36.4 Å². The molecule has 1 aliphatic rings. The normalized spacial score (nSPS) is 17.1. The minimum atomic E-state index is -0.460. The minimum absolute atomic E-state index is 0.0654. The third-order valence-electron chi connectivity index (χ3n) is 3.48. The summed E-state index contributed by atoms with van der Waals surface area (Å²) >= 11 is 0. The van der Waals surface area contributed by atoms with Gasteiger partial charge in [-0.05, 0) is 37.0 Å². The van der Waals surface area contributed by atoms with Gasteiger partial charge in [0.1, 0.15) is 0 Å². The van der Waals surface area contributed by atoms with Crippen LogP contribution in [0.3, 0.4) is 0 Å². The maximum absolute atomic E-state index is 12.1. The van der Waals surface area contributed by atoms with E-state index in [4.69, 9.17) is 0 Å². The third kappa shape index (κ3) is 4.63. The molecule has 0 aliphatic heterocycles. The zero-order chi connectivity index (χ0) is 15.1. The molecule has 1 aromatic carbocycles. The van der Waals surface area contributed by atoms with Crippen LogP contribution in [0.4, 0.5) is 10.5 Å². The second-order valence-electron chi connectivity index (χ2n) is 5.01. The molecule has 0 bridgehead atoms. The quantitative estimate of drug-likeness (QED) is 0.837. The highest BCUT2D eigenvalue weighted by molar-refractivity contribution is 5.92. The van der Waals surface area contributed by atoms with E-state index >= 15 is 0 Å². The van der Waals surface area contributed by atoms with E-state index < -0.39 is 6.09 Å². The summed E-state index contributed by atoms with van der Waals surface area (Å²) in [5, 5.41) is 5.53. The summed E-state index contributed by atoms with van der Waals surface area (Å²) in [5.74, 6) is 0.135. The first kappa shape index (κ1) is 15.1. The van der Waals surface area contributed by atoms with Crippen molar-refractivity contribution >= 4 is 17.7 Å². The summed E-state index contributed by atoms with van der Waals surface area (Å²) in [4.78, 5) is 23.1. The Balaban J connectivity index is 1.85. The van der Waals surface area contributed by atoms with Crippen LogP contribution >= 0.6 is 0 Å². The van der Waals surface area contributed by atoms with Crippen LogP contribution in [0.2, 0.25) is 0 Å². The van der Waals surface area contributed by atoms with Gasteiger partial charge < -0.3 is 15.4 Å². The number of nitrogens with one attached hydrogen (secondary N) is 2. The number of hydrogen-bond acceptors (Lipinski definition) is 3. The van der Waals surface area contributed by atoms with Gasteiger partial charge in [-0.25, -0.2) is 4.79 Å². The Kier molecular flexibility index (Phi) is 5.37. The highest BCUT2D eigenvalue weighted by Crippen LogP contribution is 2.20. The van der Waals surface area contributed by atoms with Gasteiger partial charge in [-0.1, -0.05) is 24.3 Å². The standard InChI is InChI=1S/C16H20N2O3/c1-21-16(20)17-11-12-7-9-14(10-8-12)18-15(19)13-5-3-2-4-6-13/h2-3,7-10,13H,4-6,11H2,1H3,(H,17,20)(H,18,19)/t13-/m0/s1. The van der Waals surface area contributed by atoms with Crippen molar-refractivity contribution in [3.63, 3.8) is 0 Å². The molecule has 5 nitrogen and oxygen atoms in total. The molecular weight excluding hydrogens is 268 g/mol. The molecule has 21 heavy (non-hydrogen) atoms. The zero-order valence-corrected chi connectivity index (χ0v) is 12.1. The largest absolute Gasteiger partial charge is 0.453 e. The average molecular weight is 288 g/mol. The summed E-state index contributed by atoms with van der Waals surface area (Å²) in [6, 6.07) is 7.41. The lowest BCUT2D eigenvalue weighted by atomic mass is 9.93. The lowest BCUT2D eigenvalue weighted by Crippen LogP contribution is -2.23. The molecule has 1 aromatic rings. The highest BCUT2D eigenvalue weighted by Gasteiger charge is 2.18. The summed E-state index contributed by atoms with van der Waals surface area (Å²) in [7, 11) is 1.33. The van der Waals surface area contributed by atoms with Crippen molar-refractivity contribution in [2.45, 2.75) is 25.8 Å². The molecule has 0 fully saturated rings. The van der Waals surface area contributed by atoms with E-state index in [2.05, 4.69) is 27.5 Å². The smallest absolute Gasteiger partial charge is 0.407 e. The average Bonchev–Trinajstić information content (AvgIpc) is 2.54. The van der Waals surface area contributed by atoms with E-state index in [1.807, 2.05) is 24.3 Å². The van der Waals surface area contributed by atoms with Crippen molar-refractivity contribution in [3.8, 4) is 0 Å². The van der Waals surface area contributed by atoms with Crippen molar-refractivity contribution in [1.29, 1.82) is 0 Å². The van der Waals surface area contributed by atoms with Crippen molar-refractivity contribution in [2.75, 3.05) is 12.4 Å². The molecule has 0 spiro atoms. The number of hydrogen-bond donors (Lipinski definition) is 2. The Bertz CT molecular complexity index is 523. The van der Waals surface area contributed by atoms with Crippen LogP contribution in [-0.2, 0) is 16.1 Å². The predicted molar refractivity (Wildman–Crippen MR) is 80.8 cm³/mol. The fourth-order valence-corrected chi connectivity index (χ4v) is 2.23. The topological polar surface area (TPSA) is 67.4 Å². The number of benzene rings is 1. The Hall–Kier alpha value is -2.30. The minimum Gasteiger partial charge on any atom is -0.453 e. The van der Waals surface area contributed by atoms with E-state index in [0.29, 0.717) is 6.54 Å². The Labute approximate surface area is 124 Å². The Morgan fingerprint density at radius 2 is 2.00 bits per heavy atom. The molecule has 112 valence electrons. The second-order valence-corrected chi connectivity index (χ2v) is 5.01. The summed E-state index contributed by atoms with van der Waals surface area (Å²) in [5.41, 5.74) is 1.72. The van der Waals surface area contributed by atoms with Crippen LogP contribution < -0.4 is 10.6 Å². The van der Waals surface area contributed by atoms with E-state index in [9.17, 15) is 9.59 Å². The maximum atomic E-state index is 12.1. The summed E-state index contributed by atoms with van der Waals surface area (Å²) < 4.78 is 4.50. The number of rotatable bonds is 4. The van der Waals surface area contributed by atoms with E-state index in [-0.39, 0.29) is 11.8 Å². The monoisotopic (exact) mass is 288 g/mol. The molecule has 0 radical (unpaired) electrons. The molecule has 2 rings (SSSR count). The molecule has 2 amide bonds. The molecule has 0 unspecified atom stereocenters. The van der Waals surface area contributed by atoms with Gasteiger partial charge in [0.25, 0.3) is 0 Å². The molecule has 1 aliphatic carbocycles. The van der Waals surface area contributed by atoms with Crippen LogP contribution in [0, 0.1) is 5.92 Å². The van der Waals surface area contributed by atoms with E-state index in [1.54, 1.807) is 0 Å². The van der Waals surface area contributed by atoms with Gasteiger partial charge in [0.15, 0.2) is 0 Å². The molecule has 1 atom stereocenters. The van der Waals surface area contributed by atoms with Gasteiger partial charge in [-0.15, -0.1) is 0 Å². The number of ether oxygens (including phenoxy) is 1. The molecule has 0 heterocycles. The summed E-state index contributed by atoms with van der Waals surface area (Å²) in [6.45, 7) is 0.397. The number of methoxy groups -OCH3 is 1. The van der Waals surface area contributed by atoms with Crippen LogP contribution in [0.5, 0.6) is 0 Å². The number of allylic oxidation sites excluding steroid dienone is 2. The van der Waals surface area contributed by atoms with Crippen molar-refractivity contribution in [1.82, 2.24) is 5.32 Å². The molecule has 0 saturated carbocycles. The lowest BCUT2D eigenvalue weighted by Gasteiger charge is -2.17. The van der Waals surface area contributed by atoms with E-state index in [0.717, 1.165) is 30.5 Å². The van der Waals surface area contributed by atoms with Gasteiger partial charge in [0.2, 0.25) is 5.91 Å². The number of amides is 2.